The second-order valence-corrected chi connectivity index (χ2v) is 5.98. The largest absolute Gasteiger partial charge is 0.391 e. The van der Waals surface area contributed by atoms with Crippen molar-refractivity contribution in [3.05, 3.63) is 70.7 Å². The monoisotopic (exact) mass is 473 g/mol. The molecule has 2 aromatic rings. The third-order valence-electron chi connectivity index (χ3n) is 3.50. The number of halogens is 2. The summed E-state index contributed by atoms with van der Waals surface area (Å²) in [5.74, 6) is 0.694. The fourth-order valence-electron chi connectivity index (χ4n) is 2.27. The van der Waals surface area contributed by atoms with E-state index in [2.05, 4.69) is 15.6 Å². The highest BCUT2D eigenvalue weighted by Crippen LogP contribution is 2.10. The zero-order chi connectivity index (χ0) is 17.2. The van der Waals surface area contributed by atoms with E-state index in [1.54, 1.807) is 0 Å². The number of nitrogens with one attached hydrogen (secondary N) is 2. The number of aliphatic hydroxyl groups is 1. The molecule has 0 aromatic heterocycles. The average molecular weight is 474 g/mol. The highest BCUT2D eigenvalue weighted by Gasteiger charge is 2.06. The Kier molecular flexibility index (Phi) is 10.5. The summed E-state index contributed by atoms with van der Waals surface area (Å²) >= 11 is 5.89. The van der Waals surface area contributed by atoms with E-state index < -0.39 is 6.10 Å². The Labute approximate surface area is 171 Å². The Balaban J connectivity index is 0.00000312. The molecule has 0 saturated carbocycles. The van der Waals surface area contributed by atoms with Crippen LogP contribution < -0.4 is 10.6 Å². The molecule has 0 saturated heterocycles. The van der Waals surface area contributed by atoms with E-state index in [4.69, 9.17) is 11.6 Å². The maximum absolute atomic E-state index is 10.2. The fourth-order valence-corrected chi connectivity index (χ4v) is 2.40. The predicted molar refractivity (Wildman–Crippen MR) is 116 cm³/mol. The number of nitrogens with zero attached hydrogens (tertiary/aromatic N) is 1. The van der Waals surface area contributed by atoms with E-state index in [0.29, 0.717) is 25.5 Å². The lowest BCUT2D eigenvalue weighted by atomic mass is 10.1. The summed E-state index contributed by atoms with van der Waals surface area (Å²) in [5.41, 5.74) is 2.20. The molecule has 2 rings (SSSR count). The Morgan fingerprint density at radius 2 is 1.72 bits per heavy atom. The lowest BCUT2D eigenvalue weighted by molar-refractivity contribution is 0.177. The first-order valence-corrected chi connectivity index (χ1v) is 8.53. The number of guanidine groups is 1. The summed E-state index contributed by atoms with van der Waals surface area (Å²) in [6.45, 7) is 3.78. The smallest absolute Gasteiger partial charge is 0.191 e. The molecule has 0 aliphatic rings. The molecule has 0 aliphatic carbocycles. The van der Waals surface area contributed by atoms with Crippen LogP contribution in [0, 0.1) is 0 Å². The van der Waals surface area contributed by atoms with Gasteiger partial charge in [-0.05, 0) is 30.2 Å². The quantitative estimate of drug-likeness (QED) is 0.327. The predicted octanol–water partition coefficient (Wildman–Crippen LogP) is 3.62. The summed E-state index contributed by atoms with van der Waals surface area (Å²) in [7, 11) is 0. The number of aliphatic imine (C=N–C) groups is 1. The van der Waals surface area contributed by atoms with Gasteiger partial charge in [-0.25, -0.2) is 4.99 Å². The zero-order valence-electron chi connectivity index (χ0n) is 14.3. The lowest BCUT2D eigenvalue weighted by Crippen LogP contribution is -2.41. The zero-order valence-corrected chi connectivity index (χ0v) is 17.4. The van der Waals surface area contributed by atoms with Crippen molar-refractivity contribution in [1.82, 2.24) is 10.6 Å². The molecule has 0 aliphatic heterocycles. The maximum atomic E-state index is 10.2. The summed E-state index contributed by atoms with van der Waals surface area (Å²) in [6.07, 6.45) is 0.150. The lowest BCUT2D eigenvalue weighted by Gasteiger charge is -2.15. The molecule has 0 bridgehead atoms. The Morgan fingerprint density at radius 1 is 1.04 bits per heavy atom. The summed E-state index contributed by atoms with van der Waals surface area (Å²) in [6, 6.07) is 17.6. The van der Waals surface area contributed by atoms with E-state index in [-0.39, 0.29) is 24.0 Å². The van der Waals surface area contributed by atoms with Crippen molar-refractivity contribution in [1.29, 1.82) is 0 Å². The van der Waals surface area contributed by atoms with E-state index in [0.717, 1.165) is 22.7 Å². The summed E-state index contributed by atoms with van der Waals surface area (Å²) in [5, 5.41) is 17.3. The normalized spacial score (nSPS) is 12.2. The van der Waals surface area contributed by atoms with Gasteiger partial charge in [0.05, 0.1) is 12.6 Å². The molecule has 1 atom stereocenters. The van der Waals surface area contributed by atoms with Crippen LogP contribution in [-0.4, -0.2) is 30.3 Å². The van der Waals surface area contributed by atoms with Gasteiger partial charge in [0.2, 0.25) is 0 Å². The van der Waals surface area contributed by atoms with Gasteiger partial charge >= 0.3 is 0 Å². The molecule has 4 nitrogen and oxygen atoms in total. The van der Waals surface area contributed by atoms with Crippen molar-refractivity contribution in [2.75, 3.05) is 13.1 Å². The average Bonchev–Trinajstić information content (AvgIpc) is 2.59. The molecule has 3 N–H and O–H groups in total. The van der Waals surface area contributed by atoms with Crippen LogP contribution in [0.25, 0.3) is 0 Å². The molecular formula is C19H25ClIN3O. The van der Waals surface area contributed by atoms with Gasteiger partial charge in [-0.3, -0.25) is 0 Å². The van der Waals surface area contributed by atoms with Crippen molar-refractivity contribution in [3.8, 4) is 0 Å². The molecule has 25 heavy (non-hydrogen) atoms. The Hall–Kier alpha value is -1.31. The fraction of sp³-hybridized carbons (Fsp3) is 0.316. The number of rotatable bonds is 7. The van der Waals surface area contributed by atoms with Crippen LogP contribution in [0.3, 0.4) is 0 Å². The molecule has 6 heteroatoms. The van der Waals surface area contributed by atoms with Gasteiger partial charge in [-0.15, -0.1) is 24.0 Å². The van der Waals surface area contributed by atoms with Crippen LogP contribution in [0.15, 0.2) is 59.6 Å². The molecule has 2 aromatic carbocycles. The Bertz CT molecular complexity index is 635. The standard InChI is InChI=1S/C19H24ClN3O.HI/c1-2-21-19(22-13-16-8-10-17(20)11-9-16)23-14-18(24)12-15-6-4-3-5-7-15;/h3-11,18,24H,2,12-14H2,1H3,(H2,21,22,23);1H. The Morgan fingerprint density at radius 3 is 2.36 bits per heavy atom. The van der Waals surface area contributed by atoms with Crippen LogP contribution in [0.5, 0.6) is 0 Å². The molecule has 0 fully saturated rings. The van der Waals surface area contributed by atoms with Crippen LogP contribution in [0.2, 0.25) is 5.02 Å². The van der Waals surface area contributed by atoms with Crippen LogP contribution in [0.1, 0.15) is 18.1 Å². The molecule has 0 radical (unpaired) electrons. The minimum atomic E-state index is -0.466. The van der Waals surface area contributed by atoms with Crippen LogP contribution >= 0.6 is 35.6 Å². The number of aliphatic hydroxyl groups excluding tert-OH is 1. The minimum Gasteiger partial charge on any atom is -0.391 e. The van der Waals surface area contributed by atoms with Gasteiger partial charge in [-0.2, -0.15) is 0 Å². The molecular weight excluding hydrogens is 449 g/mol. The number of benzene rings is 2. The van der Waals surface area contributed by atoms with Crippen molar-refractivity contribution in [2.24, 2.45) is 4.99 Å². The highest BCUT2D eigenvalue weighted by molar-refractivity contribution is 14.0. The summed E-state index contributed by atoms with van der Waals surface area (Å²) in [4.78, 5) is 4.53. The third kappa shape index (κ3) is 8.56. The van der Waals surface area contributed by atoms with Crippen molar-refractivity contribution < 1.29 is 5.11 Å². The third-order valence-corrected chi connectivity index (χ3v) is 3.75. The second-order valence-electron chi connectivity index (χ2n) is 5.55. The van der Waals surface area contributed by atoms with Gasteiger partial charge < -0.3 is 15.7 Å². The maximum Gasteiger partial charge on any atom is 0.191 e. The van der Waals surface area contributed by atoms with Crippen LogP contribution in [0.4, 0.5) is 0 Å². The van der Waals surface area contributed by atoms with Gasteiger partial charge in [-0.1, -0.05) is 54.1 Å². The molecule has 0 spiro atoms. The second kappa shape index (κ2) is 12.1. The van der Waals surface area contributed by atoms with E-state index in [1.165, 1.54) is 0 Å². The van der Waals surface area contributed by atoms with Crippen molar-refractivity contribution in [2.45, 2.75) is 26.0 Å². The first kappa shape index (κ1) is 21.7. The van der Waals surface area contributed by atoms with Crippen molar-refractivity contribution >= 4 is 41.5 Å². The van der Waals surface area contributed by atoms with E-state index >= 15 is 0 Å². The van der Waals surface area contributed by atoms with Gasteiger partial charge in [0, 0.05) is 24.5 Å². The van der Waals surface area contributed by atoms with Gasteiger partial charge in [0.1, 0.15) is 0 Å². The minimum absolute atomic E-state index is 0. The summed E-state index contributed by atoms with van der Waals surface area (Å²) < 4.78 is 0. The molecule has 0 heterocycles. The van der Waals surface area contributed by atoms with Gasteiger partial charge in [0.25, 0.3) is 0 Å². The number of hydrogen-bond donors (Lipinski definition) is 3. The van der Waals surface area contributed by atoms with Crippen molar-refractivity contribution in [3.63, 3.8) is 0 Å². The van der Waals surface area contributed by atoms with E-state index in [9.17, 15) is 5.11 Å². The first-order chi connectivity index (χ1) is 11.7. The molecule has 136 valence electrons. The van der Waals surface area contributed by atoms with E-state index in [1.807, 2.05) is 61.5 Å². The molecule has 1 unspecified atom stereocenters. The van der Waals surface area contributed by atoms with Gasteiger partial charge in [0.15, 0.2) is 5.96 Å². The highest BCUT2D eigenvalue weighted by atomic mass is 127. The van der Waals surface area contributed by atoms with Crippen LogP contribution in [-0.2, 0) is 13.0 Å². The number of hydrogen-bond acceptors (Lipinski definition) is 2. The topological polar surface area (TPSA) is 56.7 Å². The first-order valence-electron chi connectivity index (χ1n) is 8.16. The SMILES string of the molecule is CCNC(=NCc1ccc(Cl)cc1)NCC(O)Cc1ccccc1.I. The molecule has 0 amide bonds.